The van der Waals surface area contributed by atoms with Crippen LogP contribution in [0, 0.1) is 12.7 Å². The van der Waals surface area contributed by atoms with Crippen LogP contribution in [0.1, 0.15) is 15.9 Å². The van der Waals surface area contributed by atoms with Crippen molar-refractivity contribution in [3.05, 3.63) is 65.5 Å². The average molecular weight is 328 g/mol. The van der Waals surface area contributed by atoms with E-state index in [1.165, 1.54) is 12.1 Å². The van der Waals surface area contributed by atoms with Crippen molar-refractivity contribution < 1.29 is 13.6 Å². The smallest absolute Gasteiger partial charge is 0.277 e. The van der Waals surface area contributed by atoms with Crippen LogP contribution in [-0.4, -0.2) is 21.7 Å². The zero-order chi connectivity index (χ0) is 16.2. The third-order valence-corrected chi connectivity index (χ3v) is 3.99. The summed E-state index contributed by atoms with van der Waals surface area (Å²) < 4.78 is 19.1. The van der Waals surface area contributed by atoms with E-state index in [9.17, 15) is 9.18 Å². The molecule has 0 fully saturated rings. The number of nitrogens with zero attached hydrogens (tertiary/aromatic N) is 2. The molecule has 4 nitrogen and oxygen atoms in total. The van der Waals surface area contributed by atoms with E-state index in [1.807, 2.05) is 31.2 Å². The minimum absolute atomic E-state index is 0.0381. The normalized spacial score (nSPS) is 10.7. The van der Waals surface area contributed by atoms with E-state index < -0.39 is 5.82 Å². The molecule has 0 aliphatic heterocycles. The molecular weight excluding hydrogens is 315 g/mol. The number of Topliss-reactive ketones (excluding diaryl/α,β-unsaturated/α-hetero) is 1. The van der Waals surface area contributed by atoms with Crippen molar-refractivity contribution in [3.8, 4) is 11.5 Å². The highest BCUT2D eigenvalue weighted by atomic mass is 32.2. The van der Waals surface area contributed by atoms with Crippen LogP contribution in [-0.2, 0) is 0 Å². The van der Waals surface area contributed by atoms with Gasteiger partial charge < -0.3 is 4.42 Å². The molecule has 0 spiro atoms. The molecule has 23 heavy (non-hydrogen) atoms. The molecule has 0 radical (unpaired) electrons. The van der Waals surface area contributed by atoms with Gasteiger partial charge in [0.15, 0.2) is 5.78 Å². The first kappa shape index (κ1) is 15.4. The van der Waals surface area contributed by atoms with Crippen LogP contribution in [0.4, 0.5) is 4.39 Å². The van der Waals surface area contributed by atoms with Gasteiger partial charge in [-0.2, -0.15) is 0 Å². The third kappa shape index (κ3) is 3.65. The van der Waals surface area contributed by atoms with Gasteiger partial charge in [0.25, 0.3) is 5.22 Å². The molecule has 0 saturated heterocycles. The lowest BCUT2D eigenvalue weighted by Gasteiger charge is -2.00. The molecular formula is C17H13FN2O2S. The maximum atomic E-state index is 13.5. The number of aryl methyl sites for hydroxylation is 1. The molecule has 0 bridgehead atoms. The summed E-state index contributed by atoms with van der Waals surface area (Å²) in [6, 6.07) is 13.6. The summed E-state index contributed by atoms with van der Waals surface area (Å²) in [6.45, 7) is 1.97. The van der Waals surface area contributed by atoms with Gasteiger partial charge >= 0.3 is 0 Å². The van der Waals surface area contributed by atoms with Crippen LogP contribution in [0.3, 0.4) is 0 Å². The Morgan fingerprint density at radius 3 is 2.78 bits per heavy atom. The van der Waals surface area contributed by atoms with E-state index in [1.54, 1.807) is 12.1 Å². The Hall–Kier alpha value is -2.47. The van der Waals surface area contributed by atoms with Crippen LogP contribution in [0.5, 0.6) is 0 Å². The number of carbonyl (C=O) groups excluding carboxylic acids is 1. The van der Waals surface area contributed by atoms with Crippen molar-refractivity contribution in [2.24, 2.45) is 0 Å². The van der Waals surface area contributed by atoms with Crippen molar-refractivity contribution >= 4 is 17.5 Å². The zero-order valence-electron chi connectivity index (χ0n) is 12.3. The predicted octanol–water partition coefficient (Wildman–Crippen LogP) is 4.16. The Bertz CT molecular complexity index is 848. The number of hydrogen-bond acceptors (Lipinski definition) is 5. The first-order chi connectivity index (χ1) is 11.1. The highest BCUT2D eigenvalue weighted by Crippen LogP contribution is 2.24. The molecule has 116 valence electrons. The first-order valence-corrected chi connectivity index (χ1v) is 7.93. The lowest BCUT2D eigenvalue weighted by atomic mass is 10.1. The second-order valence-corrected chi connectivity index (χ2v) is 5.86. The Balaban J connectivity index is 1.68. The van der Waals surface area contributed by atoms with Crippen LogP contribution in [0.25, 0.3) is 11.5 Å². The Kier molecular flexibility index (Phi) is 4.52. The van der Waals surface area contributed by atoms with Crippen LogP contribution in [0.15, 0.2) is 58.2 Å². The number of rotatable bonds is 5. The fourth-order valence-electron chi connectivity index (χ4n) is 2.06. The largest absolute Gasteiger partial charge is 0.411 e. The summed E-state index contributed by atoms with van der Waals surface area (Å²) in [6.07, 6.45) is 0. The van der Waals surface area contributed by atoms with E-state index in [0.29, 0.717) is 5.89 Å². The standard InChI is InChI=1S/C17H13FN2O2S/c1-11-5-4-6-12(9-11)16-19-20-17(22-16)23-10-15(21)13-7-2-3-8-14(13)18/h2-9H,10H2,1H3. The predicted molar refractivity (Wildman–Crippen MR) is 85.9 cm³/mol. The fraction of sp³-hybridized carbons (Fsp3) is 0.118. The van der Waals surface area contributed by atoms with Crippen LogP contribution in [0.2, 0.25) is 0 Å². The Morgan fingerprint density at radius 1 is 1.17 bits per heavy atom. The number of benzene rings is 2. The molecule has 2 aromatic carbocycles. The summed E-state index contributed by atoms with van der Waals surface area (Å²) in [5.74, 6) is -0.404. The molecule has 0 N–H and O–H groups in total. The highest BCUT2D eigenvalue weighted by molar-refractivity contribution is 7.99. The lowest BCUT2D eigenvalue weighted by Crippen LogP contribution is -2.04. The average Bonchev–Trinajstić information content (AvgIpc) is 3.02. The zero-order valence-corrected chi connectivity index (χ0v) is 13.1. The molecule has 0 atom stereocenters. The van der Waals surface area contributed by atoms with Gasteiger partial charge in [0.1, 0.15) is 5.82 Å². The van der Waals surface area contributed by atoms with E-state index in [4.69, 9.17) is 4.42 Å². The van der Waals surface area contributed by atoms with Gasteiger partial charge in [0.05, 0.1) is 11.3 Å². The third-order valence-electron chi connectivity index (χ3n) is 3.17. The maximum absolute atomic E-state index is 13.5. The van der Waals surface area contributed by atoms with Gasteiger partial charge in [-0.15, -0.1) is 10.2 Å². The number of ketones is 1. The van der Waals surface area contributed by atoms with Gasteiger partial charge in [-0.05, 0) is 31.2 Å². The quantitative estimate of drug-likeness (QED) is 0.520. The number of thioether (sulfide) groups is 1. The molecule has 6 heteroatoms. The topological polar surface area (TPSA) is 56.0 Å². The van der Waals surface area contributed by atoms with E-state index in [-0.39, 0.29) is 22.3 Å². The van der Waals surface area contributed by atoms with Gasteiger partial charge in [-0.25, -0.2) is 4.39 Å². The van der Waals surface area contributed by atoms with Gasteiger partial charge in [-0.1, -0.05) is 41.6 Å². The van der Waals surface area contributed by atoms with Gasteiger partial charge in [-0.3, -0.25) is 4.79 Å². The maximum Gasteiger partial charge on any atom is 0.277 e. The Morgan fingerprint density at radius 2 is 2.00 bits per heavy atom. The van der Waals surface area contributed by atoms with E-state index in [2.05, 4.69) is 10.2 Å². The summed E-state index contributed by atoms with van der Waals surface area (Å²) >= 11 is 1.10. The van der Waals surface area contributed by atoms with Crippen LogP contribution >= 0.6 is 11.8 Å². The molecule has 1 aromatic heterocycles. The minimum Gasteiger partial charge on any atom is -0.411 e. The van der Waals surface area contributed by atoms with Crippen molar-refractivity contribution in [3.63, 3.8) is 0 Å². The monoisotopic (exact) mass is 328 g/mol. The highest BCUT2D eigenvalue weighted by Gasteiger charge is 2.14. The Labute approximate surface area is 136 Å². The number of hydrogen-bond donors (Lipinski definition) is 0. The van der Waals surface area contributed by atoms with Gasteiger partial charge in [0, 0.05) is 5.56 Å². The molecule has 0 aliphatic rings. The summed E-state index contributed by atoms with van der Waals surface area (Å²) in [5.41, 5.74) is 1.98. The molecule has 0 aliphatic carbocycles. The molecule has 0 amide bonds. The molecule has 3 aromatic rings. The summed E-state index contributed by atoms with van der Waals surface area (Å²) in [5, 5.41) is 8.17. The second kappa shape index (κ2) is 6.75. The SMILES string of the molecule is Cc1cccc(-c2nnc(SCC(=O)c3ccccc3F)o2)c1. The van der Waals surface area contributed by atoms with Crippen molar-refractivity contribution in [1.82, 2.24) is 10.2 Å². The molecule has 0 unspecified atom stereocenters. The fourth-order valence-corrected chi connectivity index (χ4v) is 2.70. The molecule has 1 heterocycles. The van der Waals surface area contributed by atoms with Crippen LogP contribution < -0.4 is 0 Å². The lowest BCUT2D eigenvalue weighted by molar-refractivity contribution is 0.101. The number of halogens is 1. The second-order valence-electron chi connectivity index (χ2n) is 4.93. The molecule has 3 rings (SSSR count). The minimum atomic E-state index is -0.524. The van der Waals surface area contributed by atoms with E-state index in [0.717, 1.165) is 22.9 Å². The first-order valence-electron chi connectivity index (χ1n) is 6.94. The van der Waals surface area contributed by atoms with Crippen molar-refractivity contribution in [1.29, 1.82) is 0 Å². The van der Waals surface area contributed by atoms with Gasteiger partial charge in [0.2, 0.25) is 5.89 Å². The summed E-state index contributed by atoms with van der Waals surface area (Å²) in [7, 11) is 0. The van der Waals surface area contributed by atoms with Crippen molar-refractivity contribution in [2.45, 2.75) is 12.1 Å². The van der Waals surface area contributed by atoms with Crippen molar-refractivity contribution in [2.75, 3.05) is 5.75 Å². The molecule has 0 saturated carbocycles. The van der Waals surface area contributed by atoms with E-state index >= 15 is 0 Å². The number of aromatic nitrogens is 2. The number of carbonyl (C=O) groups is 1. The summed E-state index contributed by atoms with van der Waals surface area (Å²) in [4.78, 5) is 12.0.